The first-order chi connectivity index (χ1) is 16.0. The first kappa shape index (κ1) is 19.5. The van der Waals surface area contributed by atoms with Gasteiger partial charge in [0.15, 0.2) is 0 Å². The zero-order valence-electron chi connectivity index (χ0n) is 18.6. The van der Waals surface area contributed by atoms with E-state index in [9.17, 15) is 28.0 Å². The van der Waals surface area contributed by atoms with Crippen molar-refractivity contribution in [2.24, 2.45) is 0 Å². The molecule has 1 fully saturated rings. The minimum atomic E-state index is -3.67. The SMILES string of the molecule is [2H]C1C(=O)NC(=O)C(N2Cc3cc(CCC(=O)C(F)(F)c4ccc(Cl)cc4)ccc3C2=O)C1[2H]. The van der Waals surface area contributed by atoms with Crippen LogP contribution in [0.1, 0.15) is 49.0 Å². The maximum atomic E-state index is 14.5. The minimum absolute atomic E-state index is 0.0117. The van der Waals surface area contributed by atoms with Gasteiger partial charge in [-0.25, -0.2) is 0 Å². The van der Waals surface area contributed by atoms with Crippen molar-refractivity contribution in [3.63, 3.8) is 0 Å². The average molecular weight is 463 g/mol. The monoisotopic (exact) mass is 462 g/mol. The lowest BCUT2D eigenvalue weighted by Crippen LogP contribution is -2.52. The molecule has 166 valence electrons. The summed E-state index contributed by atoms with van der Waals surface area (Å²) in [6.45, 7) is -0.0364. The van der Waals surface area contributed by atoms with E-state index < -0.39 is 60.2 Å². The van der Waals surface area contributed by atoms with Gasteiger partial charge in [0.05, 0.1) is 0 Å². The van der Waals surface area contributed by atoms with Gasteiger partial charge < -0.3 is 4.90 Å². The number of nitrogens with one attached hydrogen (secondary N) is 1. The summed E-state index contributed by atoms with van der Waals surface area (Å²) < 4.78 is 44.8. The molecule has 1 saturated heterocycles. The number of halogens is 3. The molecular weight excluding hydrogens is 442 g/mol. The number of rotatable bonds is 6. The maximum Gasteiger partial charge on any atom is 0.330 e. The Morgan fingerprint density at radius 3 is 2.62 bits per heavy atom. The van der Waals surface area contributed by atoms with E-state index in [1.165, 1.54) is 18.2 Å². The van der Waals surface area contributed by atoms with Crippen LogP contribution in [0.5, 0.6) is 0 Å². The molecule has 4 rings (SSSR count). The summed E-state index contributed by atoms with van der Waals surface area (Å²) in [5.74, 6) is -7.14. The van der Waals surface area contributed by atoms with E-state index in [0.29, 0.717) is 11.1 Å². The Labute approximate surface area is 190 Å². The smallest absolute Gasteiger partial charge is 0.322 e. The summed E-state index contributed by atoms with van der Waals surface area (Å²) >= 11 is 5.71. The molecule has 0 aliphatic carbocycles. The van der Waals surface area contributed by atoms with Crippen molar-refractivity contribution < 1.29 is 30.7 Å². The number of hydrogen-bond donors (Lipinski definition) is 1. The number of amides is 3. The standard InChI is InChI=1S/C23H19ClF2N2O4/c24-16-5-3-15(4-6-16)23(25,26)19(29)9-2-13-1-7-17-14(11-13)12-28(22(17)32)18-8-10-20(30)27-21(18)31/h1,3-7,11,18H,2,8-10,12H2,(H,27,30,31)/i8D,10D. The number of carbonyl (C=O) groups is 4. The molecule has 6 nitrogen and oxygen atoms in total. The number of hydrogen-bond acceptors (Lipinski definition) is 4. The number of Topliss-reactive ketones (excluding diaryl/α,β-unsaturated/α-hetero) is 1. The molecule has 0 bridgehead atoms. The molecule has 0 spiro atoms. The lowest BCUT2D eigenvalue weighted by Gasteiger charge is -2.29. The van der Waals surface area contributed by atoms with Crippen molar-refractivity contribution in [2.75, 3.05) is 0 Å². The fourth-order valence-electron chi connectivity index (χ4n) is 3.76. The summed E-state index contributed by atoms with van der Waals surface area (Å²) in [5, 5.41) is 2.29. The Morgan fingerprint density at radius 1 is 1.19 bits per heavy atom. The van der Waals surface area contributed by atoms with Gasteiger partial charge in [0, 0.05) is 38.3 Å². The van der Waals surface area contributed by atoms with Crippen molar-refractivity contribution in [3.8, 4) is 0 Å². The van der Waals surface area contributed by atoms with Crippen LogP contribution in [0.2, 0.25) is 5.02 Å². The van der Waals surface area contributed by atoms with Crippen molar-refractivity contribution in [3.05, 3.63) is 69.7 Å². The lowest BCUT2D eigenvalue weighted by atomic mass is 9.97. The van der Waals surface area contributed by atoms with Gasteiger partial charge in [0.2, 0.25) is 17.6 Å². The van der Waals surface area contributed by atoms with Gasteiger partial charge in [-0.3, -0.25) is 24.5 Å². The van der Waals surface area contributed by atoms with Crippen LogP contribution in [-0.4, -0.2) is 34.4 Å². The third kappa shape index (κ3) is 4.14. The van der Waals surface area contributed by atoms with Gasteiger partial charge in [-0.15, -0.1) is 0 Å². The molecule has 32 heavy (non-hydrogen) atoms. The highest BCUT2D eigenvalue weighted by Gasteiger charge is 2.41. The molecule has 3 atom stereocenters. The molecule has 2 aliphatic heterocycles. The summed E-state index contributed by atoms with van der Waals surface area (Å²) in [6.07, 6.45) is -3.37. The van der Waals surface area contributed by atoms with Crippen LogP contribution < -0.4 is 5.32 Å². The lowest BCUT2D eigenvalue weighted by molar-refractivity contribution is -0.144. The Morgan fingerprint density at radius 2 is 1.91 bits per heavy atom. The third-order valence-electron chi connectivity index (χ3n) is 5.48. The van der Waals surface area contributed by atoms with Gasteiger partial charge in [-0.2, -0.15) is 8.78 Å². The number of piperidine rings is 1. The number of imide groups is 1. The number of nitrogens with zero attached hydrogens (tertiary/aromatic N) is 1. The van der Waals surface area contributed by atoms with E-state index in [-0.39, 0.29) is 23.6 Å². The van der Waals surface area contributed by atoms with E-state index >= 15 is 0 Å². The van der Waals surface area contributed by atoms with Gasteiger partial charge >= 0.3 is 5.92 Å². The van der Waals surface area contributed by atoms with Crippen LogP contribution in [0.25, 0.3) is 0 Å². The Kier molecular flexibility index (Phi) is 5.15. The largest absolute Gasteiger partial charge is 0.330 e. The third-order valence-corrected chi connectivity index (χ3v) is 5.73. The number of ketones is 1. The van der Waals surface area contributed by atoms with E-state index in [2.05, 4.69) is 0 Å². The van der Waals surface area contributed by atoms with Crippen LogP contribution >= 0.6 is 11.6 Å². The quantitative estimate of drug-likeness (QED) is 0.667. The number of benzene rings is 2. The number of alkyl halides is 2. The Bertz CT molecular complexity index is 1190. The van der Waals surface area contributed by atoms with Gasteiger partial charge in [-0.05, 0) is 42.1 Å². The van der Waals surface area contributed by atoms with Crippen LogP contribution in [0.15, 0.2) is 42.5 Å². The average Bonchev–Trinajstić information content (AvgIpc) is 3.11. The fraction of sp³-hybridized carbons (Fsp3) is 0.304. The van der Waals surface area contributed by atoms with E-state index in [4.69, 9.17) is 14.3 Å². The normalized spacial score (nSPS) is 24.0. The second-order valence-electron chi connectivity index (χ2n) is 7.59. The molecule has 1 N–H and O–H groups in total. The van der Waals surface area contributed by atoms with Crippen LogP contribution in [0.3, 0.4) is 0 Å². The predicted molar refractivity (Wildman–Crippen MR) is 111 cm³/mol. The molecule has 0 aromatic heterocycles. The fourth-order valence-corrected chi connectivity index (χ4v) is 3.89. The minimum Gasteiger partial charge on any atom is -0.322 e. The van der Waals surface area contributed by atoms with E-state index in [1.54, 1.807) is 12.1 Å². The first-order valence-corrected chi connectivity index (χ1v) is 10.2. The van der Waals surface area contributed by atoms with Gasteiger partial charge in [0.1, 0.15) is 6.04 Å². The molecule has 3 unspecified atom stereocenters. The van der Waals surface area contributed by atoms with Gasteiger partial charge in [-0.1, -0.05) is 35.9 Å². The summed E-state index contributed by atoms with van der Waals surface area (Å²) in [7, 11) is 0. The Balaban J connectivity index is 1.46. The summed E-state index contributed by atoms with van der Waals surface area (Å²) in [5.41, 5.74) is 0.898. The molecular formula is C23H19ClF2N2O4. The first-order valence-electron chi connectivity index (χ1n) is 11.0. The molecule has 2 aromatic rings. The van der Waals surface area contributed by atoms with E-state index in [0.717, 1.165) is 17.0 Å². The van der Waals surface area contributed by atoms with Crippen molar-refractivity contribution in [2.45, 2.75) is 44.1 Å². The molecule has 9 heteroatoms. The highest BCUT2D eigenvalue weighted by atomic mass is 35.5. The molecule has 2 heterocycles. The van der Waals surface area contributed by atoms with Crippen molar-refractivity contribution in [1.82, 2.24) is 10.2 Å². The maximum absolute atomic E-state index is 14.5. The van der Waals surface area contributed by atoms with Crippen LogP contribution in [0, 0.1) is 0 Å². The van der Waals surface area contributed by atoms with E-state index in [1.807, 2.05) is 5.32 Å². The molecule has 0 saturated carbocycles. The molecule has 2 aromatic carbocycles. The summed E-state index contributed by atoms with van der Waals surface area (Å²) in [6, 6.07) is 8.11. The number of aryl methyl sites for hydroxylation is 1. The second-order valence-corrected chi connectivity index (χ2v) is 8.02. The number of carbonyl (C=O) groups excluding carboxylic acids is 4. The zero-order valence-corrected chi connectivity index (χ0v) is 17.4. The topological polar surface area (TPSA) is 83.6 Å². The van der Waals surface area contributed by atoms with Crippen molar-refractivity contribution in [1.29, 1.82) is 0 Å². The molecule has 0 radical (unpaired) electrons. The molecule has 2 aliphatic rings. The highest BCUT2D eigenvalue weighted by molar-refractivity contribution is 6.30. The highest BCUT2D eigenvalue weighted by Crippen LogP contribution is 2.32. The number of fused-ring (bicyclic) bond motifs is 1. The Hall–Kier alpha value is -3.13. The van der Waals surface area contributed by atoms with Crippen LogP contribution in [0.4, 0.5) is 8.78 Å². The van der Waals surface area contributed by atoms with Crippen molar-refractivity contribution >= 4 is 35.1 Å². The predicted octanol–water partition coefficient (Wildman–Crippen LogP) is 3.39. The molecule has 3 amide bonds. The van der Waals surface area contributed by atoms with Gasteiger partial charge in [0.25, 0.3) is 5.91 Å². The zero-order chi connectivity index (χ0) is 24.8. The van der Waals surface area contributed by atoms with Crippen LogP contribution in [-0.2, 0) is 33.3 Å². The second kappa shape index (κ2) is 8.43. The summed E-state index contributed by atoms with van der Waals surface area (Å²) in [4.78, 5) is 50.1.